The number of allylic oxidation sites excluding steroid dienone is 1. The minimum Gasteiger partial charge on any atom is -0.317 e. The third-order valence-electron chi connectivity index (χ3n) is 1.76. The van der Waals surface area contributed by atoms with Crippen molar-refractivity contribution in [3.05, 3.63) is 12.7 Å². The molecule has 1 nitrogen and oxygen atoms in total. The molecule has 1 N–H and O–H groups in total. The lowest BCUT2D eigenvalue weighted by atomic mass is 10.1. The highest BCUT2D eigenvalue weighted by molar-refractivity contribution is 4.65. The summed E-state index contributed by atoms with van der Waals surface area (Å²) in [6.45, 7) is 8.14. The zero-order valence-electron chi connectivity index (χ0n) is 7.73. The van der Waals surface area contributed by atoms with E-state index in [0.717, 1.165) is 6.54 Å². The van der Waals surface area contributed by atoms with E-state index in [1.807, 2.05) is 6.08 Å². The van der Waals surface area contributed by atoms with Crippen LogP contribution in [0.4, 0.5) is 0 Å². The van der Waals surface area contributed by atoms with Crippen LogP contribution < -0.4 is 5.32 Å². The molecule has 1 heteroatoms. The maximum Gasteiger partial charge on any atom is -0.00490 e. The summed E-state index contributed by atoms with van der Waals surface area (Å²) in [7, 11) is 0. The van der Waals surface area contributed by atoms with Crippen LogP contribution in [0.2, 0.25) is 0 Å². The van der Waals surface area contributed by atoms with Crippen molar-refractivity contribution in [1.82, 2.24) is 5.32 Å². The Morgan fingerprint density at radius 1 is 1.18 bits per heavy atom. The number of rotatable bonds is 8. The number of hydrogen-bond acceptors (Lipinski definition) is 1. The average Bonchev–Trinajstić information content (AvgIpc) is 2.03. The predicted molar refractivity (Wildman–Crippen MR) is 51.8 cm³/mol. The van der Waals surface area contributed by atoms with Crippen LogP contribution in [0, 0.1) is 0 Å². The van der Waals surface area contributed by atoms with Crippen LogP contribution in [0.3, 0.4) is 0 Å². The van der Waals surface area contributed by atoms with Gasteiger partial charge in [0, 0.05) is 0 Å². The van der Waals surface area contributed by atoms with Gasteiger partial charge in [-0.25, -0.2) is 0 Å². The smallest absolute Gasteiger partial charge is 0.00490 e. The van der Waals surface area contributed by atoms with E-state index >= 15 is 0 Å². The van der Waals surface area contributed by atoms with Crippen molar-refractivity contribution in [3.63, 3.8) is 0 Å². The summed E-state index contributed by atoms with van der Waals surface area (Å²) in [5.74, 6) is 0. The Hall–Kier alpha value is -0.300. The zero-order valence-corrected chi connectivity index (χ0v) is 7.73. The van der Waals surface area contributed by atoms with Crippen LogP contribution in [0.25, 0.3) is 0 Å². The lowest BCUT2D eigenvalue weighted by molar-refractivity contribution is 0.601. The lowest BCUT2D eigenvalue weighted by Crippen LogP contribution is -2.13. The van der Waals surface area contributed by atoms with Gasteiger partial charge in [0.1, 0.15) is 0 Å². The van der Waals surface area contributed by atoms with Crippen LogP contribution in [0.5, 0.6) is 0 Å². The topological polar surface area (TPSA) is 12.0 Å². The minimum atomic E-state index is 1.10. The molecule has 0 amide bonds. The van der Waals surface area contributed by atoms with E-state index in [-0.39, 0.29) is 0 Å². The quantitative estimate of drug-likeness (QED) is 0.420. The monoisotopic (exact) mass is 155 g/mol. The Kier molecular flexibility index (Phi) is 9.44. The van der Waals surface area contributed by atoms with Crippen molar-refractivity contribution < 1.29 is 0 Å². The van der Waals surface area contributed by atoms with Crippen molar-refractivity contribution in [3.8, 4) is 0 Å². The predicted octanol–water partition coefficient (Wildman–Crippen LogP) is 2.73. The van der Waals surface area contributed by atoms with Gasteiger partial charge in [0.15, 0.2) is 0 Å². The molecule has 0 aliphatic heterocycles. The fourth-order valence-corrected chi connectivity index (χ4v) is 1.07. The van der Waals surface area contributed by atoms with Gasteiger partial charge in [-0.15, -0.1) is 6.58 Å². The molecule has 0 aromatic heterocycles. The van der Waals surface area contributed by atoms with Crippen molar-refractivity contribution in [2.24, 2.45) is 0 Å². The van der Waals surface area contributed by atoms with Crippen LogP contribution in [0.1, 0.15) is 39.0 Å². The molecule has 0 atom stereocenters. The summed E-state index contributed by atoms with van der Waals surface area (Å²) < 4.78 is 0. The molecule has 66 valence electrons. The molecular formula is C10H21N. The molecule has 0 saturated heterocycles. The van der Waals surface area contributed by atoms with Crippen molar-refractivity contribution in [2.75, 3.05) is 13.1 Å². The first kappa shape index (κ1) is 10.7. The van der Waals surface area contributed by atoms with Crippen molar-refractivity contribution >= 4 is 0 Å². The third-order valence-corrected chi connectivity index (χ3v) is 1.76. The van der Waals surface area contributed by atoms with Crippen molar-refractivity contribution in [2.45, 2.75) is 39.0 Å². The summed E-state index contributed by atoms with van der Waals surface area (Å²) in [6, 6.07) is 0. The molecule has 0 fully saturated rings. The van der Waals surface area contributed by atoms with Crippen molar-refractivity contribution in [1.29, 1.82) is 0 Å². The molecule has 0 aliphatic rings. The summed E-state index contributed by atoms with van der Waals surface area (Å²) >= 11 is 0. The molecule has 0 spiro atoms. The van der Waals surface area contributed by atoms with Crippen LogP contribution >= 0.6 is 0 Å². The van der Waals surface area contributed by atoms with E-state index in [1.165, 1.54) is 38.6 Å². The SMILES string of the molecule is C=CCCCCCCNCC. The summed E-state index contributed by atoms with van der Waals surface area (Å²) in [5.41, 5.74) is 0. The van der Waals surface area contributed by atoms with Crippen LogP contribution in [-0.2, 0) is 0 Å². The Balaban J connectivity index is 2.74. The molecule has 0 radical (unpaired) electrons. The van der Waals surface area contributed by atoms with E-state index in [1.54, 1.807) is 0 Å². The van der Waals surface area contributed by atoms with Crippen LogP contribution in [0.15, 0.2) is 12.7 Å². The first-order valence-corrected chi connectivity index (χ1v) is 4.73. The molecule has 0 heterocycles. The molecule has 0 unspecified atom stereocenters. The summed E-state index contributed by atoms with van der Waals surface area (Å²) in [4.78, 5) is 0. The number of nitrogens with one attached hydrogen (secondary N) is 1. The first-order chi connectivity index (χ1) is 5.41. The summed E-state index contributed by atoms with van der Waals surface area (Å²) in [6.07, 6.45) is 8.55. The third kappa shape index (κ3) is 9.70. The molecule has 0 bridgehead atoms. The van der Waals surface area contributed by atoms with E-state index in [4.69, 9.17) is 0 Å². The number of unbranched alkanes of at least 4 members (excludes halogenated alkanes) is 4. The highest BCUT2D eigenvalue weighted by atomic mass is 14.8. The maximum atomic E-state index is 3.70. The molecule has 11 heavy (non-hydrogen) atoms. The van der Waals surface area contributed by atoms with E-state index in [0.29, 0.717) is 0 Å². The van der Waals surface area contributed by atoms with Gasteiger partial charge in [0.25, 0.3) is 0 Å². The van der Waals surface area contributed by atoms with Gasteiger partial charge in [0.2, 0.25) is 0 Å². The first-order valence-electron chi connectivity index (χ1n) is 4.73. The van der Waals surface area contributed by atoms with Gasteiger partial charge in [-0.1, -0.05) is 25.8 Å². The molecule has 0 saturated carbocycles. The van der Waals surface area contributed by atoms with Gasteiger partial charge in [-0.05, 0) is 32.4 Å². The largest absolute Gasteiger partial charge is 0.317 e. The Morgan fingerprint density at radius 2 is 1.91 bits per heavy atom. The molecule has 0 aromatic rings. The number of hydrogen-bond donors (Lipinski definition) is 1. The van der Waals surface area contributed by atoms with E-state index < -0.39 is 0 Å². The zero-order chi connectivity index (χ0) is 8.36. The average molecular weight is 155 g/mol. The second kappa shape index (κ2) is 9.70. The highest BCUT2D eigenvalue weighted by Gasteiger charge is 1.87. The Bertz CT molecular complexity index is 78.9. The standard InChI is InChI=1S/C10H21N/c1-3-5-6-7-8-9-10-11-4-2/h3,11H,1,4-10H2,2H3. The Morgan fingerprint density at radius 3 is 2.55 bits per heavy atom. The molecule has 0 aromatic carbocycles. The fourth-order valence-electron chi connectivity index (χ4n) is 1.07. The second-order valence-corrected chi connectivity index (χ2v) is 2.85. The molecular weight excluding hydrogens is 134 g/mol. The summed E-state index contributed by atoms with van der Waals surface area (Å²) in [5, 5.41) is 3.32. The molecule has 0 aliphatic carbocycles. The fraction of sp³-hybridized carbons (Fsp3) is 0.800. The van der Waals surface area contributed by atoms with Gasteiger partial charge in [-0.2, -0.15) is 0 Å². The van der Waals surface area contributed by atoms with Gasteiger partial charge < -0.3 is 5.32 Å². The van der Waals surface area contributed by atoms with E-state index in [9.17, 15) is 0 Å². The molecule has 0 rings (SSSR count). The normalized spacial score (nSPS) is 9.91. The Labute approximate surface area is 70.9 Å². The van der Waals surface area contributed by atoms with Gasteiger partial charge in [0.05, 0.1) is 0 Å². The van der Waals surface area contributed by atoms with Gasteiger partial charge >= 0.3 is 0 Å². The maximum absolute atomic E-state index is 3.70. The van der Waals surface area contributed by atoms with Gasteiger partial charge in [-0.3, -0.25) is 0 Å². The second-order valence-electron chi connectivity index (χ2n) is 2.85. The highest BCUT2D eigenvalue weighted by Crippen LogP contribution is 2.01. The van der Waals surface area contributed by atoms with Crippen LogP contribution in [-0.4, -0.2) is 13.1 Å². The minimum absolute atomic E-state index is 1.10. The lowest BCUT2D eigenvalue weighted by Gasteiger charge is -2.00. The van der Waals surface area contributed by atoms with E-state index in [2.05, 4.69) is 18.8 Å².